The van der Waals surface area contributed by atoms with E-state index in [-0.39, 0.29) is 10.5 Å². The summed E-state index contributed by atoms with van der Waals surface area (Å²) in [5.41, 5.74) is 6.72. The van der Waals surface area contributed by atoms with Gasteiger partial charge in [-0.15, -0.1) is 0 Å². The molecule has 0 radical (unpaired) electrons. The molecule has 0 aliphatic rings. The molecule has 8 heteroatoms. The SMILES string of the molecule is COc1ccc(-c2[nH]c3c(C(F)(F)F)ccc(Cl)c3c2CCCCN)c(OC)c1. The summed E-state index contributed by atoms with van der Waals surface area (Å²) in [6.45, 7) is 0.505. The average Bonchev–Trinajstić information content (AvgIpc) is 3.06. The number of rotatable bonds is 7. The number of H-pyrrole nitrogens is 1. The third-order valence-electron chi connectivity index (χ3n) is 4.87. The summed E-state index contributed by atoms with van der Waals surface area (Å²) in [4.78, 5) is 2.98. The van der Waals surface area contributed by atoms with Crippen LogP contribution in [0.4, 0.5) is 13.2 Å². The fourth-order valence-electron chi connectivity index (χ4n) is 3.49. The van der Waals surface area contributed by atoms with Gasteiger partial charge in [0.05, 0.1) is 36.0 Å². The summed E-state index contributed by atoms with van der Waals surface area (Å²) in [6, 6.07) is 7.48. The first-order chi connectivity index (χ1) is 13.8. The standard InChI is InChI=1S/C21H22ClF3N2O2/c1-28-12-6-7-13(17(11-12)29-2)19-14(5-3-4-10-26)18-16(22)9-8-15(20(18)27-19)21(23,24)25/h6-9,11,27H,3-5,10,26H2,1-2H3. The number of halogens is 4. The van der Waals surface area contributed by atoms with E-state index in [0.29, 0.717) is 46.7 Å². The summed E-state index contributed by atoms with van der Waals surface area (Å²) in [7, 11) is 3.04. The number of unbranched alkanes of at least 4 members (excludes halogenated alkanes) is 1. The Morgan fingerprint density at radius 2 is 1.83 bits per heavy atom. The van der Waals surface area contributed by atoms with Crippen LogP contribution < -0.4 is 15.2 Å². The fourth-order valence-corrected chi connectivity index (χ4v) is 3.77. The number of nitrogens with one attached hydrogen (secondary N) is 1. The largest absolute Gasteiger partial charge is 0.497 e. The Balaban J connectivity index is 2.31. The highest BCUT2D eigenvalue weighted by molar-refractivity contribution is 6.36. The van der Waals surface area contributed by atoms with Gasteiger partial charge in [-0.3, -0.25) is 0 Å². The molecule has 2 aromatic carbocycles. The fraction of sp³-hybridized carbons (Fsp3) is 0.333. The van der Waals surface area contributed by atoms with Crippen LogP contribution in [-0.2, 0) is 12.6 Å². The molecule has 0 saturated heterocycles. The van der Waals surface area contributed by atoms with Gasteiger partial charge in [0, 0.05) is 17.0 Å². The van der Waals surface area contributed by atoms with Crippen LogP contribution in [0.15, 0.2) is 30.3 Å². The van der Waals surface area contributed by atoms with E-state index in [1.54, 1.807) is 18.2 Å². The van der Waals surface area contributed by atoms with Crippen molar-refractivity contribution < 1.29 is 22.6 Å². The number of alkyl halides is 3. The topological polar surface area (TPSA) is 60.3 Å². The van der Waals surface area contributed by atoms with E-state index in [0.717, 1.165) is 18.9 Å². The predicted molar refractivity (Wildman–Crippen MR) is 109 cm³/mol. The lowest BCUT2D eigenvalue weighted by Crippen LogP contribution is -2.05. The molecule has 0 fully saturated rings. The Labute approximate surface area is 171 Å². The zero-order valence-corrected chi connectivity index (χ0v) is 16.9. The predicted octanol–water partition coefficient (Wildman–Crippen LogP) is 5.81. The summed E-state index contributed by atoms with van der Waals surface area (Å²) < 4.78 is 51.6. The molecule has 3 rings (SSSR count). The zero-order chi connectivity index (χ0) is 21.2. The van der Waals surface area contributed by atoms with Crippen LogP contribution in [0.25, 0.3) is 22.2 Å². The van der Waals surface area contributed by atoms with Crippen molar-refractivity contribution in [2.24, 2.45) is 5.73 Å². The maximum Gasteiger partial charge on any atom is 0.418 e. The van der Waals surface area contributed by atoms with Gasteiger partial charge in [-0.2, -0.15) is 13.2 Å². The van der Waals surface area contributed by atoms with Gasteiger partial charge < -0.3 is 20.2 Å². The van der Waals surface area contributed by atoms with E-state index in [1.807, 2.05) is 0 Å². The van der Waals surface area contributed by atoms with Gasteiger partial charge in [0.1, 0.15) is 11.5 Å². The third-order valence-corrected chi connectivity index (χ3v) is 5.19. The zero-order valence-electron chi connectivity index (χ0n) is 16.1. The minimum absolute atomic E-state index is 0.0272. The maximum absolute atomic E-state index is 13.6. The van der Waals surface area contributed by atoms with E-state index in [9.17, 15) is 13.2 Å². The Hall–Kier alpha value is -2.38. The van der Waals surface area contributed by atoms with Crippen molar-refractivity contribution in [2.45, 2.75) is 25.4 Å². The lowest BCUT2D eigenvalue weighted by atomic mass is 9.98. The van der Waals surface area contributed by atoms with Crippen LogP contribution in [0.3, 0.4) is 0 Å². The average molecular weight is 427 g/mol. The summed E-state index contributed by atoms with van der Waals surface area (Å²) in [5, 5.41) is 0.650. The third kappa shape index (κ3) is 4.16. The van der Waals surface area contributed by atoms with Gasteiger partial charge in [0.15, 0.2) is 0 Å². The van der Waals surface area contributed by atoms with Gasteiger partial charge in [-0.1, -0.05) is 11.6 Å². The molecule has 0 aliphatic carbocycles. The quantitative estimate of drug-likeness (QED) is 0.469. The van der Waals surface area contributed by atoms with Gasteiger partial charge in [0.25, 0.3) is 0 Å². The molecule has 29 heavy (non-hydrogen) atoms. The first-order valence-electron chi connectivity index (χ1n) is 9.14. The number of ether oxygens (including phenoxy) is 2. The molecule has 0 aliphatic heterocycles. The molecule has 0 unspecified atom stereocenters. The number of fused-ring (bicyclic) bond motifs is 1. The number of aromatic nitrogens is 1. The monoisotopic (exact) mass is 426 g/mol. The minimum atomic E-state index is -4.51. The number of hydrogen-bond donors (Lipinski definition) is 2. The number of hydrogen-bond acceptors (Lipinski definition) is 3. The summed E-state index contributed by atoms with van der Waals surface area (Å²) in [6.07, 6.45) is -2.50. The van der Waals surface area contributed by atoms with Gasteiger partial charge in [0.2, 0.25) is 0 Å². The first kappa shape index (κ1) is 21.3. The maximum atomic E-state index is 13.6. The summed E-state index contributed by atoms with van der Waals surface area (Å²) >= 11 is 6.36. The Bertz CT molecular complexity index is 1020. The molecule has 1 heterocycles. The first-order valence-corrected chi connectivity index (χ1v) is 9.52. The van der Waals surface area contributed by atoms with Crippen molar-refractivity contribution in [3.63, 3.8) is 0 Å². The molecular formula is C21H22ClF3N2O2. The van der Waals surface area contributed by atoms with E-state index < -0.39 is 11.7 Å². The highest BCUT2D eigenvalue weighted by atomic mass is 35.5. The van der Waals surface area contributed by atoms with E-state index >= 15 is 0 Å². The highest BCUT2D eigenvalue weighted by Crippen LogP contribution is 2.44. The molecule has 0 spiro atoms. The Morgan fingerprint density at radius 1 is 1.07 bits per heavy atom. The molecule has 0 saturated carbocycles. The van der Waals surface area contributed by atoms with Crippen LogP contribution in [0.1, 0.15) is 24.0 Å². The number of aryl methyl sites for hydroxylation is 1. The molecule has 4 nitrogen and oxygen atoms in total. The van der Waals surface area contributed by atoms with Crippen LogP contribution in [0, 0.1) is 0 Å². The lowest BCUT2D eigenvalue weighted by molar-refractivity contribution is -0.136. The van der Waals surface area contributed by atoms with E-state index in [2.05, 4.69) is 4.98 Å². The second kappa shape index (κ2) is 8.55. The molecule has 3 aromatic rings. The molecule has 0 amide bonds. The van der Waals surface area contributed by atoms with Crippen molar-refractivity contribution in [2.75, 3.05) is 20.8 Å². The second-order valence-electron chi connectivity index (χ2n) is 6.63. The second-order valence-corrected chi connectivity index (χ2v) is 7.04. The van der Waals surface area contributed by atoms with E-state index in [1.165, 1.54) is 20.3 Å². The Morgan fingerprint density at radius 3 is 2.45 bits per heavy atom. The van der Waals surface area contributed by atoms with Crippen molar-refractivity contribution in [1.82, 2.24) is 4.98 Å². The Kier molecular flexibility index (Phi) is 6.29. The van der Waals surface area contributed by atoms with Crippen molar-refractivity contribution in [1.29, 1.82) is 0 Å². The normalized spacial score (nSPS) is 11.8. The van der Waals surface area contributed by atoms with Crippen molar-refractivity contribution in [3.05, 3.63) is 46.5 Å². The molecule has 0 atom stereocenters. The number of nitrogens with two attached hydrogens (primary N) is 1. The molecule has 156 valence electrons. The van der Waals surface area contributed by atoms with Gasteiger partial charge in [-0.25, -0.2) is 0 Å². The molecule has 3 N–H and O–H groups in total. The van der Waals surface area contributed by atoms with Gasteiger partial charge in [-0.05, 0) is 55.6 Å². The highest BCUT2D eigenvalue weighted by Gasteiger charge is 2.35. The molecular weight excluding hydrogens is 405 g/mol. The number of benzene rings is 2. The lowest BCUT2D eigenvalue weighted by Gasteiger charge is -2.12. The minimum Gasteiger partial charge on any atom is -0.497 e. The number of methoxy groups -OCH3 is 2. The summed E-state index contributed by atoms with van der Waals surface area (Å²) in [5.74, 6) is 1.07. The van der Waals surface area contributed by atoms with Gasteiger partial charge >= 0.3 is 6.18 Å². The smallest absolute Gasteiger partial charge is 0.418 e. The molecule has 0 bridgehead atoms. The van der Waals surface area contributed by atoms with Crippen LogP contribution in [0.2, 0.25) is 5.02 Å². The van der Waals surface area contributed by atoms with Crippen molar-refractivity contribution >= 4 is 22.5 Å². The van der Waals surface area contributed by atoms with E-state index in [4.69, 9.17) is 26.8 Å². The molecule has 1 aromatic heterocycles. The van der Waals surface area contributed by atoms with Crippen molar-refractivity contribution in [3.8, 4) is 22.8 Å². The van der Waals surface area contributed by atoms with Crippen LogP contribution in [-0.4, -0.2) is 25.7 Å². The van der Waals surface area contributed by atoms with Crippen LogP contribution in [0.5, 0.6) is 11.5 Å². The number of aromatic amines is 1. The van der Waals surface area contributed by atoms with Crippen LogP contribution >= 0.6 is 11.6 Å².